The van der Waals surface area contributed by atoms with Crippen LogP contribution in [0.25, 0.3) is 0 Å². The van der Waals surface area contributed by atoms with E-state index in [1.807, 2.05) is 4.90 Å². The summed E-state index contributed by atoms with van der Waals surface area (Å²) >= 11 is 0. The van der Waals surface area contributed by atoms with Crippen molar-refractivity contribution in [1.29, 1.82) is 0 Å². The number of benzene rings is 2. The van der Waals surface area contributed by atoms with E-state index in [-0.39, 0.29) is 17.9 Å². The Labute approximate surface area is 177 Å². The van der Waals surface area contributed by atoms with Crippen molar-refractivity contribution in [2.75, 3.05) is 44.6 Å². The lowest BCUT2D eigenvalue weighted by Gasteiger charge is -2.34. The van der Waals surface area contributed by atoms with Crippen LogP contribution in [0.5, 0.6) is 0 Å². The number of nitrogens with one attached hydrogen (secondary N) is 1. The van der Waals surface area contributed by atoms with Crippen LogP contribution in [0.2, 0.25) is 0 Å². The van der Waals surface area contributed by atoms with E-state index in [0.717, 1.165) is 37.7 Å². The van der Waals surface area contributed by atoms with Crippen LogP contribution in [0.15, 0.2) is 48.5 Å². The fourth-order valence-corrected chi connectivity index (χ4v) is 3.47. The van der Waals surface area contributed by atoms with Crippen LogP contribution in [0, 0.1) is 10.1 Å². The molecule has 3 rings (SSSR count). The van der Waals surface area contributed by atoms with Gasteiger partial charge in [0, 0.05) is 44.9 Å². The molecular weight excluding hydrogens is 413 g/mol. The topological polar surface area (TPSA) is 78.7 Å². The van der Waals surface area contributed by atoms with Gasteiger partial charge in [0.05, 0.1) is 22.7 Å². The lowest BCUT2D eigenvalue weighted by molar-refractivity contribution is -0.384. The van der Waals surface area contributed by atoms with Gasteiger partial charge < -0.3 is 10.2 Å². The number of piperazine rings is 1. The van der Waals surface area contributed by atoms with Crippen LogP contribution in [-0.2, 0) is 17.4 Å². The molecule has 2 aromatic carbocycles. The van der Waals surface area contributed by atoms with Crippen molar-refractivity contribution < 1.29 is 22.9 Å². The number of alkyl halides is 3. The predicted molar refractivity (Wildman–Crippen MR) is 110 cm³/mol. The highest BCUT2D eigenvalue weighted by Gasteiger charge is 2.33. The third kappa shape index (κ3) is 6.50. The normalized spacial score (nSPS) is 15.6. The molecule has 1 aliphatic rings. The minimum absolute atomic E-state index is 0.0301. The van der Waals surface area contributed by atoms with Crippen molar-refractivity contribution in [1.82, 2.24) is 9.80 Å². The SMILES string of the molecule is O=C(CN1CCN(CCc2ccc([N+](=O)[O-])cc2)CC1)Nc1ccccc1C(F)(F)F. The number of hydrogen-bond donors (Lipinski definition) is 1. The first-order valence-corrected chi connectivity index (χ1v) is 9.86. The van der Waals surface area contributed by atoms with E-state index in [0.29, 0.717) is 13.1 Å². The fourth-order valence-electron chi connectivity index (χ4n) is 3.47. The van der Waals surface area contributed by atoms with Gasteiger partial charge in [-0.1, -0.05) is 24.3 Å². The van der Waals surface area contributed by atoms with Gasteiger partial charge in [0.25, 0.3) is 5.69 Å². The fraction of sp³-hybridized carbons (Fsp3) is 0.381. The summed E-state index contributed by atoms with van der Waals surface area (Å²) in [5.41, 5.74) is -0.0228. The number of nitrogens with zero attached hydrogens (tertiary/aromatic N) is 3. The van der Waals surface area contributed by atoms with Crippen molar-refractivity contribution in [3.63, 3.8) is 0 Å². The summed E-state index contributed by atoms with van der Waals surface area (Å²) in [5.74, 6) is -0.476. The molecule has 1 fully saturated rings. The van der Waals surface area contributed by atoms with Gasteiger partial charge in [-0.15, -0.1) is 0 Å². The monoisotopic (exact) mass is 436 g/mol. The van der Waals surface area contributed by atoms with Crippen molar-refractivity contribution in [3.8, 4) is 0 Å². The molecule has 0 bridgehead atoms. The molecule has 0 spiro atoms. The van der Waals surface area contributed by atoms with Crippen molar-refractivity contribution in [3.05, 3.63) is 69.8 Å². The molecule has 1 saturated heterocycles. The second-order valence-corrected chi connectivity index (χ2v) is 7.38. The molecule has 10 heteroatoms. The standard InChI is InChI=1S/C21H23F3N4O3/c22-21(23,24)18-3-1-2-4-19(18)25-20(29)15-27-13-11-26(12-14-27)10-9-16-5-7-17(8-6-16)28(30)31/h1-8H,9-15H2,(H,25,29). The minimum atomic E-state index is -4.53. The van der Waals surface area contributed by atoms with Crippen LogP contribution >= 0.6 is 0 Å². The minimum Gasteiger partial charge on any atom is -0.324 e. The third-order valence-corrected chi connectivity index (χ3v) is 5.20. The number of non-ortho nitro benzene ring substituents is 1. The van der Waals surface area contributed by atoms with Crippen LogP contribution in [0.3, 0.4) is 0 Å². The Balaban J connectivity index is 1.43. The number of carbonyl (C=O) groups excluding carboxylic acids is 1. The quantitative estimate of drug-likeness (QED) is 0.532. The molecule has 0 aliphatic carbocycles. The zero-order valence-electron chi connectivity index (χ0n) is 16.8. The molecule has 1 amide bonds. The Morgan fingerprint density at radius 1 is 1.00 bits per heavy atom. The lowest BCUT2D eigenvalue weighted by Crippen LogP contribution is -2.49. The molecule has 0 atom stereocenters. The number of anilines is 1. The number of amides is 1. The second kappa shape index (κ2) is 9.88. The molecule has 0 saturated carbocycles. The highest BCUT2D eigenvalue weighted by molar-refractivity contribution is 5.93. The summed E-state index contributed by atoms with van der Waals surface area (Å²) in [4.78, 5) is 26.7. The average molecular weight is 436 g/mol. The highest BCUT2D eigenvalue weighted by atomic mass is 19.4. The van der Waals surface area contributed by atoms with Gasteiger partial charge in [-0.25, -0.2) is 0 Å². The van der Waals surface area contributed by atoms with Gasteiger partial charge >= 0.3 is 6.18 Å². The van der Waals surface area contributed by atoms with Crippen LogP contribution in [-0.4, -0.2) is 59.9 Å². The summed E-state index contributed by atoms with van der Waals surface area (Å²) in [6.45, 7) is 3.56. The third-order valence-electron chi connectivity index (χ3n) is 5.20. The van der Waals surface area contributed by atoms with E-state index in [2.05, 4.69) is 10.2 Å². The summed E-state index contributed by atoms with van der Waals surface area (Å²) in [6.07, 6.45) is -3.77. The van der Waals surface area contributed by atoms with Gasteiger partial charge in [-0.2, -0.15) is 13.2 Å². The first-order valence-electron chi connectivity index (χ1n) is 9.86. The molecule has 0 unspecified atom stereocenters. The molecule has 7 nitrogen and oxygen atoms in total. The maximum atomic E-state index is 13.1. The van der Waals surface area contributed by atoms with Crippen LogP contribution in [0.1, 0.15) is 11.1 Å². The van der Waals surface area contributed by atoms with E-state index in [1.54, 1.807) is 12.1 Å². The van der Waals surface area contributed by atoms with Crippen LogP contribution < -0.4 is 5.32 Å². The largest absolute Gasteiger partial charge is 0.418 e. The Hall–Kier alpha value is -2.98. The summed E-state index contributed by atoms with van der Waals surface area (Å²) in [6, 6.07) is 11.4. The molecule has 1 aliphatic heterocycles. The lowest BCUT2D eigenvalue weighted by atomic mass is 10.1. The predicted octanol–water partition coefficient (Wildman–Crippen LogP) is 3.41. The van der Waals surface area contributed by atoms with Gasteiger partial charge in [0.1, 0.15) is 0 Å². The maximum Gasteiger partial charge on any atom is 0.418 e. The molecule has 0 radical (unpaired) electrons. The first-order chi connectivity index (χ1) is 14.7. The number of rotatable bonds is 7. The van der Waals surface area contributed by atoms with Crippen molar-refractivity contribution >= 4 is 17.3 Å². The Morgan fingerprint density at radius 3 is 2.23 bits per heavy atom. The molecular formula is C21H23F3N4O3. The molecule has 31 heavy (non-hydrogen) atoms. The van der Waals surface area contributed by atoms with E-state index >= 15 is 0 Å². The zero-order valence-corrected chi connectivity index (χ0v) is 16.8. The summed E-state index contributed by atoms with van der Waals surface area (Å²) in [7, 11) is 0. The van der Waals surface area contributed by atoms with Crippen molar-refractivity contribution in [2.24, 2.45) is 0 Å². The van der Waals surface area contributed by atoms with Crippen molar-refractivity contribution in [2.45, 2.75) is 12.6 Å². The molecule has 0 aromatic heterocycles. The van der Waals surface area contributed by atoms with Gasteiger partial charge in [0.2, 0.25) is 5.91 Å². The number of halogens is 3. The zero-order chi connectivity index (χ0) is 22.4. The Bertz CT molecular complexity index is 911. The molecule has 1 heterocycles. The first kappa shape index (κ1) is 22.7. The smallest absolute Gasteiger partial charge is 0.324 e. The Kier molecular flexibility index (Phi) is 7.24. The highest BCUT2D eigenvalue weighted by Crippen LogP contribution is 2.34. The number of nitro groups is 1. The number of nitro benzene ring substituents is 1. The summed E-state index contributed by atoms with van der Waals surface area (Å²) < 4.78 is 39.2. The second-order valence-electron chi connectivity index (χ2n) is 7.38. The number of carbonyl (C=O) groups is 1. The van der Waals surface area contributed by atoms with E-state index < -0.39 is 22.6 Å². The van der Waals surface area contributed by atoms with Gasteiger partial charge in [-0.05, 0) is 24.1 Å². The van der Waals surface area contributed by atoms with E-state index in [9.17, 15) is 28.1 Å². The average Bonchev–Trinajstić information content (AvgIpc) is 2.73. The summed E-state index contributed by atoms with van der Waals surface area (Å²) in [5, 5.41) is 13.1. The maximum absolute atomic E-state index is 13.1. The van der Waals surface area contributed by atoms with Crippen LogP contribution in [0.4, 0.5) is 24.5 Å². The van der Waals surface area contributed by atoms with Gasteiger partial charge in [0.15, 0.2) is 0 Å². The number of para-hydroxylation sites is 1. The number of hydrogen-bond acceptors (Lipinski definition) is 5. The molecule has 166 valence electrons. The molecule has 1 N–H and O–H groups in total. The van der Waals surface area contributed by atoms with E-state index in [1.165, 1.54) is 30.3 Å². The van der Waals surface area contributed by atoms with Gasteiger partial charge in [-0.3, -0.25) is 19.8 Å². The Morgan fingerprint density at radius 2 is 1.61 bits per heavy atom. The molecule has 2 aromatic rings. The van der Waals surface area contributed by atoms with E-state index in [4.69, 9.17) is 0 Å².